The summed E-state index contributed by atoms with van der Waals surface area (Å²) >= 11 is 6.99. The number of benzene rings is 1. The van der Waals surface area contributed by atoms with Gasteiger partial charge in [-0.2, -0.15) is 0 Å². The van der Waals surface area contributed by atoms with Gasteiger partial charge in [-0.1, -0.05) is 23.7 Å². The van der Waals surface area contributed by atoms with E-state index < -0.39 is 11.1 Å². The lowest BCUT2D eigenvalue weighted by molar-refractivity contribution is -0.135. The van der Waals surface area contributed by atoms with Crippen molar-refractivity contribution in [3.8, 4) is 11.3 Å². The Labute approximate surface area is 171 Å². The Hall–Kier alpha value is -2.51. The number of carbonyl (C=O) groups excluding carboxylic acids is 3. The molecule has 28 heavy (non-hydrogen) atoms. The molecule has 2 aliphatic heterocycles. The highest BCUT2D eigenvalue weighted by molar-refractivity contribution is 8.18. The summed E-state index contributed by atoms with van der Waals surface area (Å²) in [4.78, 5) is 40.0. The van der Waals surface area contributed by atoms with Crippen LogP contribution in [0.5, 0.6) is 0 Å². The molecule has 2 fully saturated rings. The molecule has 8 heteroatoms. The monoisotopic (exact) mass is 416 g/mol. The molecule has 0 spiro atoms. The zero-order chi connectivity index (χ0) is 19.7. The summed E-state index contributed by atoms with van der Waals surface area (Å²) in [6, 6.07) is 10.8. The molecule has 0 N–H and O–H groups in total. The van der Waals surface area contributed by atoms with E-state index in [9.17, 15) is 14.4 Å². The molecule has 1 aromatic carbocycles. The summed E-state index contributed by atoms with van der Waals surface area (Å²) < 4.78 is 5.76. The Morgan fingerprint density at radius 3 is 2.64 bits per heavy atom. The van der Waals surface area contributed by atoms with Gasteiger partial charge in [-0.25, -0.2) is 0 Å². The van der Waals surface area contributed by atoms with Gasteiger partial charge in [0.05, 0.1) is 9.93 Å². The van der Waals surface area contributed by atoms with Crippen LogP contribution in [-0.2, 0) is 9.59 Å². The van der Waals surface area contributed by atoms with Gasteiger partial charge < -0.3 is 9.32 Å². The van der Waals surface area contributed by atoms with Crippen molar-refractivity contribution in [2.24, 2.45) is 0 Å². The fourth-order valence-corrected chi connectivity index (χ4v) is 4.25. The minimum Gasteiger partial charge on any atom is -0.457 e. The first-order chi connectivity index (χ1) is 13.5. The number of carbonyl (C=O) groups is 3. The first-order valence-electron chi connectivity index (χ1n) is 8.91. The molecule has 4 rings (SSSR count). The third-order valence-corrected chi connectivity index (χ3v) is 5.90. The Morgan fingerprint density at radius 2 is 1.89 bits per heavy atom. The molecule has 1 aromatic heterocycles. The third kappa shape index (κ3) is 3.72. The van der Waals surface area contributed by atoms with Crippen LogP contribution in [0.15, 0.2) is 45.7 Å². The summed E-state index contributed by atoms with van der Waals surface area (Å²) in [5, 5.41) is 0.117. The topological polar surface area (TPSA) is 70.8 Å². The standard InChI is InChI=1S/C20H17ClN2O4S/c21-15-6-2-1-5-14(15)16-8-7-13(27-16)11-17-19(25)23(20(26)28-17)12-18(24)22-9-3-4-10-22/h1-2,5-8,11H,3-4,9-10,12H2/b17-11-. The quantitative estimate of drug-likeness (QED) is 0.696. The largest absolute Gasteiger partial charge is 0.457 e. The predicted molar refractivity (Wildman–Crippen MR) is 108 cm³/mol. The molecule has 0 radical (unpaired) electrons. The number of furan rings is 1. The minimum absolute atomic E-state index is 0.194. The highest BCUT2D eigenvalue weighted by atomic mass is 35.5. The fourth-order valence-electron chi connectivity index (χ4n) is 3.20. The van der Waals surface area contributed by atoms with Crippen molar-refractivity contribution in [1.82, 2.24) is 9.80 Å². The van der Waals surface area contributed by atoms with Crippen molar-refractivity contribution >= 4 is 46.5 Å². The second kappa shape index (κ2) is 7.85. The molecule has 6 nitrogen and oxygen atoms in total. The second-order valence-electron chi connectivity index (χ2n) is 6.54. The molecular formula is C20H17ClN2O4S. The highest BCUT2D eigenvalue weighted by Crippen LogP contribution is 2.34. The van der Waals surface area contributed by atoms with Gasteiger partial charge in [0, 0.05) is 24.7 Å². The van der Waals surface area contributed by atoms with Crippen LogP contribution in [0.25, 0.3) is 17.4 Å². The van der Waals surface area contributed by atoms with E-state index in [2.05, 4.69) is 0 Å². The maximum absolute atomic E-state index is 12.6. The summed E-state index contributed by atoms with van der Waals surface area (Å²) in [6.45, 7) is 1.15. The summed E-state index contributed by atoms with van der Waals surface area (Å²) in [7, 11) is 0. The maximum atomic E-state index is 12.6. The van der Waals surface area contributed by atoms with Crippen LogP contribution >= 0.6 is 23.4 Å². The van der Waals surface area contributed by atoms with Gasteiger partial charge in [0.1, 0.15) is 18.1 Å². The zero-order valence-corrected chi connectivity index (χ0v) is 16.5. The Bertz CT molecular complexity index is 978. The predicted octanol–water partition coefficient (Wildman–Crippen LogP) is 4.26. The number of thioether (sulfide) groups is 1. The lowest BCUT2D eigenvalue weighted by atomic mass is 10.2. The minimum atomic E-state index is -0.474. The van der Waals surface area contributed by atoms with Crippen molar-refractivity contribution in [1.29, 1.82) is 0 Å². The van der Waals surface area contributed by atoms with Crippen molar-refractivity contribution in [3.63, 3.8) is 0 Å². The molecule has 2 aliphatic rings. The number of rotatable bonds is 4. The lowest BCUT2D eigenvalue weighted by Gasteiger charge is -2.18. The van der Waals surface area contributed by atoms with Crippen LogP contribution in [0.2, 0.25) is 5.02 Å². The Morgan fingerprint density at radius 1 is 1.14 bits per heavy atom. The van der Waals surface area contributed by atoms with Gasteiger partial charge in [0.15, 0.2) is 0 Å². The summed E-state index contributed by atoms with van der Waals surface area (Å²) in [5.41, 5.74) is 0.744. The molecule has 2 aromatic rings. The van der Waals surface area contributed by atoms with Crippen molar-refractivity contribution in [2.75, 3.05) is 19.6 Å². The Kier molecular flexibility index (Phi) is 5.28. The van der Waals surface area contributed by atoms with Gasteiger partial charge >= 0.3 is 0 Å². The van der Waals surface area contributed by atoms with Gasteiger partial charge in [-0.05, 0) is 48.9 Å². The third-order valence-electron chi connectivity index (χ3n) is 4.67. The number of nitrogens with zero attached hydrogens (tertiary/aromatic N) is 2. The van der Waals surface area contributed by atoms with E-state index in [0.717, 1.165) is 35.1 Å². The van der Waals surface area contributed by atoms with Gasteiger partial charge in [-0.3, -0.25) is 19.3 Å². The van der Waals surface area contributed by atoms with E-state index in [-0.39, 0.29) is 17.4 Å². The number of likely N-dealkylation sites (tertiary alicyclic amines) is 1. The molecule has 3 heterocycles. The SMILES string of the molecule is O=C(CN1C(=O)S/C(=C\c2ccc(-c3ccccc3Cl)o2)C1=O)N1CCCC1. The van der Waals surface area contributed by atoms with Crippen LogP contribution in [0.3, 0.4) is 0 Å². The molecule has 0 unspecified atom stereocenters. The normalized spacial score (nSPS) is 18.5. The average Bonchev–Trinajstić information content (AvgIpc) is 3.41. The fraction of sp³-hybridized carbons (Fsp3) is 0.250. The van der Waals surface area contributed by atoms with Crippen LogP contribution < -0.4 is 0 Å². The Balaban J connectivity index is 1.50. The number of hydrogen-bond acceptors (Lipinski definition) is 5. The number of amides is 3. The lowest BCUT2D eigenvalue weighted by Crippen LogP contribution is -2.40. The van der Waals surface area contributed by atoms with E-state index in [1.54, 1.807) is 23.1 Å². The number of imide groups is 1. The summed E-state index contributed by atoms with van der Waals surface area (Å²) in [6.07, 6.45) is 3.44. The van der Waals surface area contributed by atoms with Gasteiger partial charge in [0.25, 0.3) is 11.1 Å². The molecule has 0 bridgehead atoms. The first kappa shape index (κ1) is 18.8. The molecule has 0 saturated carbocycles. The van der Waals surface area contributed by atoms with Crippen molar-refractivity contribution in [2.45, 2.75) is 12.8 Å². The van der Waals surface area contributed by atoms with E-state index in [1.165, 1.54) is 6.08 Å². The summed E-state index contributed by atoms with van der Waals surface area (Å²) in [5.74, 6) is 0.338. The smallest absolute Gasteiger partial charge is 0.294 e. The molecular weight excluding hydrogens is 400 g/mol. The van der Waals surface area contributed by atoms with Crippen molar-refractivity contribution in [3.05, 3.63) is 52.1 Å². The number of hydrogen-bond donors (Lipinski definition) is 0. The van der Waals surface area contributed by atoms with E-state index in [1.807, 2.05) is 18.2 Å². The highest BCUT2D eigenvalue weighted by Gasteiger charge is 2.37. The zero-order valence-electron chi connectivity index (χ0n) is 14.9. The second-order valence-corrected chi connectivity index (χ2v) is 7.94. The molecule has 144 valence electrons. The molecule has 0 atom stereocenters. The average molecular weight is 417 g/mol. The van der Waals surface area contributed by atoms with Gasteiger partial charge in [0.2, 0.25) is 5.91 Å². The van der Waals surface area contributed by atoms with Crippen LogP contribution in [0.1, 0.15) is 18.6 Å². The van der Waals surface area contributed by atoms with Crippen LogP contribution in [-0.4, -0.2) is 46.5 Å². The number of halogens is 1. The maximum Gasteiger partial charge on any atom is 0.294 e. The molecule has 3 amide bonds. The van der Waals surface area contributed by atoms with Crippen molar-refractivity contribution < 1.29 is 18.8 Å². The van der Waals surface area contributed by atoms with Crippen LogP contribution in [0, 0.1) is 0 Å². The van der Waals surface area contributed by atoms with Crippen LogP contribution in [0.4, 0.5) is 4.79 Å². The van der Waals surface area contributed by atoms with E-state index in [0.29, 0.717) is 29.6 Å². The van der Waals surface area contributed by atoms with Gasteiger partial charge in [-0.15, -0.1) is 0 Å². The molecule has 0 aliphatic carbocycles. The molecule has 2 saturated heterocycles. The first-order valence-corrected chi connectivity index (χ1v) is 10.1. The van der Waals surface area contributed by atoms with E-state index in [4.69, 9.17) is 16.0 Å². The van der Waals surface area contributed by atoms with E-state index >= 15 is 0 Å².